The van der Waals surface area contributed by atoms with Crippen LogP contribution in [0.15, 0.2) is 23.8 Å². The van der Waals surface area contributed by atoms with E-state index in [1.165, 1.54) is 6.42 Å². The summed E-state index contributed by atoms with van der Waals surface area (Å²) in [6, 6.07) is -0.638. The van der Waals surface area contributed by atoms with Crippen molar-refractivity contribution < 1.29 is 39.1 Å². The van der Waals surface area contributed by atoms with E-state index in [0.29, 0.717) is 37.0 Å². The van der Waals surface area contributed by atoms with Crippen LogP contribution in [-0.4, -0.2) is 144 Å². The van der Waals surface area contributed by atoms with Crippen LogP contribution in [0.3, 0.4) is 0 Å². The van der Waals surface area contributed by atoms with Crippen LogP contribution in [0.5, 0.6) is 0 Å². The highest BCUT2D eigenvalue weighted by molar-refractivity contribution is 5.91. The number of allylic oxidation sites excluding steroid dienone is 3. The van der Waals surface area contributed by atoms with Crippen molar-refractivity contribution in [2.45, 2.75) is 149 Å². The van der Waals surface area contributed by atoms with E-state index in [-0.39, 0.29) is 30.0 Å². The Kier molecular flexibility index (Phi) is 17.9. The van der Waals surface area contributed by atoms with Crippen molar-refractivity contribution in [3.05, 3.63) is 23.8 Å². The first kappa shape index (κ1) is 46.0. The van der Waals surface area contributed by atoms with E-state index in [2.05, 4.69) is 36.6 Å². The Balaban J connectivity index is 1.68. The van der Waals surface area contributed by atoms with Gasteiger partial charge in [-0.3, -0.25) is 9.59 Å². The van der Waals surface area contributed by atoms with Gasteiger partial charge in [-0.2, -0.15) is 0 Å². The van der Waals surface area contributed by atoms with Crippen molar-refractivity contribution in [2.75, 3.05) is 53.4 Å². The molecule has 0 aromatic carbocycles. The largest absolute Gasteiger partial charge is 0.462 e. The molecule has 0 spiro atoms. The number of esters is 1. The van der Waals surface area contributed by atoms with Crippen molar-refractivity contribution in [3.8, 4) is 0 Å². The lowest BCUT2D eigenvalue weighted by Crippen LogP contribution is -2.63. The molecule has 11 nitrogen and oxygen atoms in total. The molecule has 0 bridgehead atoms. The topological polar surface area (TPSA) is 132 Å². The maximum absolute atomic E-state index is 13.9. The van der Waals surface area contributed by atoms with Gasteiger partial charge in [0.15, 0.2) is 12.1 Å². The Morgan fingerprint density at radius 3 is 2.16 bits per heavy atom. The lowest BCUT2D eigenvalue weighted by Gasteiger charge is -2.47. The average Bonchev–Trinajstić information content (AvgIpc) is 3.11. The number of cyclic esters (lactones) is 1. The molecular weight excluding hydrogens is 698 g/mol. The third-order valence-corrected chi connectivity index (χ3v) is 13.1. The minimum absolute atomic E-state index is 0.0238. The van der Waals surface area contributed by atoms with Gasteiger partial charge in [0.25, 0.3) is 0 Å². The molecule has 4 aliphatic rings. The first-order chi connectivity index (χ1) is 26.0. The highest BCUT2D eigenvalue weighted by Gasteiger charge is 2.47. The van der Waals surface area contributed by atoms with E-state index in [4.69, 9.17) is 14.2 Å². The van der Waals surface area contributed by atoms with Gasteiger partial charge in [0, 0.05) is 37.4 Å². The number of hydrogen-bond donors (Lipinski definition) is 3. The summed E-state index contributed by atoms with van der Waals surface area (Å²) >= 11 is 0. The molecule has 4 rings (SSSR count). The predicted molar refractivity (Wildman–Crippen MR) is 216 cm³/mol. The number of carbonyl (C=O) groups is 2. The number of aliphatic hydroxyl groups excluding tert-OH is 3. The number of likely N-dealkylation sites (tertiary alicyclic amines) is 2. The number of carbonyl (C=O) groups excluding carboxylic acids is 2. The van der Waals surface area contributed by atoms with Gasteiger partial charge in [0.2, 0.25) is 0 Å². The van der Waals surface area contributed by atoms with Crippen LogP contribution in [-0.2, 0) is 23.8 Å². The highest BCUT2D eigenvalue weighted by atomic mass is 16.7. The smallest absolute Gasteiger partial charge is 0.308 e. The second-order valence-corrected chi connectivity index (χ2v) is 18.5. The Hall–Kier alpha value is -1.70. The minimum atomic E-state index is -1.18. The molecule has 3 N–H and O–H groups in total. The van der Waals surface area contributed by atoms with E-state index < -0.39 is 60.8 Å². The summed E-state index contributed by atoms with van der Waals surface area (Å²) in [6.07, 6.45) is 4.81. The van der Waals surface area contributed by atoms with E-state index in [9.17, 15) is 24.9 Å². The predicted octanol–water partition coefficient (Wildman–Crippen LogP) is 4.92. The molecule has 0 amide bonds. The van der Waals surface area contributed by atoms with Crippen molar-refractivity contribution in [2.24, 2.45) is 41.4 Å². The number of aliphatic hydroxyl groups is 3. The number of ketones is 1. The van der Waals surface area contributed by atoms with Gasteiger partial charge in [-0.15, -0.1) is 0 Å². The highest BCUT2D eigenvalue weighted by Crippen LogP contribution is 2.35. The van der Waals surface area contributed by atoms with Gasteiger partial charge in [-0.25, -0.2) is 0 Å². The normalized spacial score (nSPS) is 41.8. The molecule has 316 valence electrons. The summed E-state index contributed by atoms with van der Waals surface area (Å²) in [5.74, 6) is 0.220. The van der Waals surface area contributed by atoms with Crippen LogP contribution >= 0.6 is 0 Å². The molecule has 0 aliphatic carbocycles. The molecule has 0 aromatic heterocycles. The zero-order valence-corrected chi connectivity index (χ0v) is 35.8. The van der Waals surface area contributed by atoms with Gasteiger partial charge < -0.3 is 44.2 Å². The van der Waals surface area contributed by atoms with Crippen LogP contribution in [0.4, 0.5) is 0 Å². The van der Waals surface area contributed by atoms with E-state index in [1.54, 1.807) is 32.0 Å². The summed E-state index contributed by atoms with van der Waals surface area (Å²) in [5.41, 5.74) is 0.950. The van der Waals surface area contributed by atoms with Crippen molar-refractivity contribution in [1.29, 1.82) is 0 Å². The standard InChI is InChI=1S/C44H77N3O8/c1-11-38-35(26-47-24-29(4)20-30(5)25-47)21-28(3)12-13-36(48)31(6)22-34(16-19-46-17-14-27(2)15-18-46)43(32(7)37(49)23-39(50)54-38)55-44-42(52)40(45(9)10)41(51)33(8)53-44/h12-13,21,27,29-35,37-38,40-44,49,51-52H,11,14-20,22-26H2,1-10H3/b13-12+,28-21+. The monoisotopic (exact) mass is 776 g/mol. The first-order valence-electron chi connectivity index (χ1n) is 21.5. The molecule has 0 aromatic rings. The molecule has 14 unspecified atom stereocenters. The summed E-state index contributed by atoms with van der Waals surface area (Å²) < 4.78 is 19.2. The molecule has 0 radical (unpaired) electrons. The third kappa shape index (κ3) is 13.2. The second kappa shape index (κ2) is 21.3. The zero-order chi connectivity index (χ0) is 40.6. The molecule has 11 heteroatoms. The zero-order valence-electron chi connectivity index (χ0n) is 35.8. The summed E-state index contributed by atoms with van der Waals surface area (Å²) in [4.78, 5) is 34.4. The SMILES string of the molecule is CCC1OC(=O)CC(O)C(C)C(OC2OC(C)C(O)C(N(C)C)C2O)C(CCN2CCC(C)CC2)CC(C)C(=O)/C=C/C(C)=C/C1CN1CC(C)CC(C)C1. The van der Waals surface area contributed by atoms with E-state index >= 15 is 0 Å². The summed E-state index contributed by atoms with van der Waals surface area (Å²) in [6.45, 7) is 22.1. The summed E-state index contributed by atoms with van der Waals surface area (Å²) in [7, 11) is 3.61. The second-order valence-electron chi connectivity index (χ2n) is 18.5. The molecular formula is C44H77N3O8. The van der Waals surface area contributed by atoms with Crippen LogP contribution in [0.1, 0.15) is 100 Å². The maximum atomic E-state index is 13.9. The maximum Gasteiger partial charge on any atom is 0.308 e. The number of piperidine rings is 2. The van der Waals surface area contributed by atoms with Crippen LogP contribution in [0.25, 0.3) is 0 Å². The van der Waals surface area contributed by atoms with Crippen LogP contribution in [0.2, 0.25) is 0 Å². The van der Waals surface area contributed by atoms with Gasteiger partial charge in [0.1, 0.15) is 12.2 Å². The fourth-order valence-electron chi connectivity index (χ4n) is 9.73. The quantitative estimate of drug-likeness (QED) is 0.276. The van der Waals surface area contributed by atoms with Crippen molar-refractivity contribution in [3.63, 3.8) is 0 Å². The Morgan fingerprint density at radius 2 is 1.55 bits per heavy atom. The lowest BCUT2D eigenvalue weighted by atomic mass is 9.79. The lowest BCUT2D eigenvalue weighted by molar-refractivity contribution is -0.304. The van der Waals surface area contributed by atoms with Crippen molar-refractivity contribution in [1.82, 2.24) is 14.7 Å². The average molecular weight is 776 g/mol. The van der Waals surface area contributed by atoms with Gasteiger partial charge in [-0.05, 0) is 116 Å². The minimum Gasteiger partial charge on any atom is -0.462 e. The summed E-state index contributed by atoms with van der Waals surface area (Å²) in [5, 5.41) is 34.4. The first-order valence-corrected chi connectivity index (χ1v) is 21.5. The molecule has 55 heavy (non-hydrogen) atoms. The third-order valence-electron chi connectivity index (χ3n) is 13.1. The fourth-order valence-corrected chi connectivity index (χ4v) is 9.73. The molecule has 3 saturated heterocycles. The van der Waals surface area contributed by atoms with Crippen LogP contribution < -0.4 is 0 Å². The fraction of sp³-hybridized carbons (Fsp3) is 0.864. The Morgan fingerprint density at radius 1 is 0.891 bits per heavy atom. The molecule has 3 fully saturated rings. The molecule has 4 aliphatic heterocycles. The van der Waals surface area contributed by atoms with Crippen LogP contribution in [0, 0.1) is 41.4 Å². The van der Waals surface area contributed by atoms with Gasteiger partial charge >= 0.3 is 5.97 Å². The van der Waals surface area contributed by atoms with Gasteiger partial charge in [0.05, 0.1) is 36.9 Å². The van der Waals surface area contributed by atoms with E-state index in [1.807, 2.05) is 33.8 Å². The number of likely N-dealkylation sites (N-methyl/N-ethyl adjacent to an activating group) is 1. The number of hydrogen-bond acceptors (Lipinski definition) is 11. The molecule has 4 heterocycles. The number of nitrogens with zero attached hydrogens (tertiary/aromatic N) is 3. The molecule has 14 atom stereocenters. The number of ether oxygens (including phenoxy) is 3. The van der Waals surface area contributed by atoms with Crippen molar-refractivity contribution >= 4 is 11.8 Å². The molecule has 0 saturated carbocycles. The number of rotatable bonds is 9. The van der Waals surface area contributed by atoms with Gasteiger partial charge in [-0.1, -0.05) is 59.3 Å². The van der Waals surface area contributed by atoms with E-state index in [0.717, 1.165) is 57.7 Å². The Labute approximate surface area is 332 Å². The Bertz CT molecular complexity index is 1260.